The molecule has 1 rings (SSSR count). The number of ether oxygens (including phenoxy) is 2. The molecule has 0 saturated heterocycles. The molecule has 0 aliphatic carbocycles. The molecule has 6 nitrogen and oxygen atoms in total. The first-order valence-electron chi connectivity index (χ1n) is 5.57. The van der Waals surface area contributed by atoms with Crippen LogP contribution in [0.2, 0.25) is 5.15 Å². The highest BCUT2D eigenvalue weighted by atomic mass is 35.5. The smallest absolute Gasteiger partial charge is 0.140 e. The minimum absolute atomic E-state index is 0.203. The van der Waals surface area contributed by atoms with Gasteiger partial charge in [-0.3, -0.25) is 0 Å². The number of hydrogen-bond acceptors (Lipinski definition) is 6. The van der Waals surface area contributed by atoms with Crippen molar-refractivity contribution in [2.45, 2.75) is 6.61 Å². The zero-order valence-electron chi connectivity index (χ0n) is 10.6. The summed E-state index contributed by atoms with van der Waals surface area (Å²) in [6.07, 6.45) is 1.38. The summed E-state index contributed by atoms with van der Waals surface area (Å²) in [5, 5.41) is 9.61. The Kier molecular flexibility index (Phi) is 6.89. The minimum atomic E-state index is -0.203. The van der Waals surface area contributed by atoms with Gasteiger partial charge >= 0.3 is 0 Å². The number of aliphatic hydroxyl groups excluding tert-OH is 1. The van der Waals surface area contributed by atoms with E-state index in [1.807, 2.05) is 4.90 Å². The van der Waals surface area contributed by atoms with E-state index in [0.29, 0.717) is 37.7 Å². The number of aliphatic hydroxyl groups is 1. The van der Waals surface area contributed by atoms with Crippen molar-refractivity contribution >= 4 is 17.4 Å². The highest BCUT2D eigenvalue weighted by Crippen LogP contribution is 2.22. The fraction of sp³-hybridized carbons (Fsp3) is 0.636. The monoisotopic (exact) mass is 275 g/mol. The molecule has 0 unspecified atom stereocenters. The van der Waals surface area contributed by atoms with Crippen LogP contribution in [-0.2, 0) is 16.1 Å². The van der Waals surface area contributed by atoms with E-state index >= 15 is 0 Å². The van der Waals surface area contributed by atoms with Crippen LogP contribution in [0.1, 0.15) is 5.56 Å². The Balaban J connectivity index is 2.91. The molecular formula is C11H18ClN3O3. The van der Waals surface area contributed by atoms with Crippen molar-refractivity contribution in [1.29, 1.82) is 0 Å². The first-order valence-corrected chi connectivity index (χ1v) is 5.95. The number of hydrogen-bond donors (Lipinski definition) is 1. The van der Waals surface area contributed by atoms with Crippen molar-refractivity contribution in [3.05, 3.63) is 17.0 Å². The van der Waals surface area contributed by atoms with E-state index in [4.69, 9.17) is 21.1 Å². The molecule has 102 valence electrons. The van der Waals surface area contributed by atoms with Gasteiger partial charge in [-0.1, -0.05) is 11.6 Å². The lowest BCUT2D eigenvalue weighted by Crippen LogP contribution is -2.32. The predicted octanol–water partition coefficient (Wildman–Crippen LogP) is 0.721. The van der Waals surface area contributed by atoms with Crippen molar-refractivity contribution in [3.63, 3.8) is 0 Å². The van der Waals surface area contributed by atoms with Gasteiger partial charge in [-0.05, 0) is 0 Å². The molecular weight excluding hydrogens is 258 g/mol. The van der Waals surface area contributed by atoms with Crippen LogP contribution in [0.3, 0.4) is 0 Å². The largest absolute Gasteiger partial charge is 0.391 e. The Morgan fingerprint density at radius 2 is 1.83 bits per heavy atom. The molecule has 0 aromatic carbocycles. The molecule has 0 atom stereocenters. The Morgan fingerprint density at radius 1 is 1.22 bits per heavy atom. The van der Waals surface area contributed by atoms with E-state index in [-0.39, 0.29) is 11.8 Å². The Labute approximate surface area is 112 Å². The van der Waals surface area contributed by atoms with Gasteiger partial charge in [-0.2, -0.15) is 0 Å². The Morgan fingerprint density at radius 3 is 2.33 bits per heavy atom. The molecule has 1 aromatic heterocycles. The standard InChI is InChI=1S/C11H18ClN3O3/c1-17-5-3-15(4-6-18-2)11-9(7-16)10(12)13-8-14-11/h8,16H,3-7H2,1-2H3. The van der Waals surface area contributed by atoms with Gasteiger partial charge in [0.1, 0.15) is 17.3 Å². The van der Waals surface area contributed by atoms with E-state index < -0.39 is 0 Å². The minimum Gasteiger partial charge on any atom is -0.391 e. The van der Waals surface area contributed by atoms with Crippen molar-refractivity contribution in [2.24, 2.45) is 0 Å². The van der Waals surface area contributed by atoms with Crippen molar-refractivity contribution in [2.75, 3.05) is 45.4 Å². The third kappa shape index (κ3) is 4.06. The number of halogens is 1. The van der Waals surface area contributed by atoms with Crippen LogP contribution >= 0.6 is 11.6 Å². The topological polar surface area (TPSA) is 67.7 Å². The van der Waals surface area contributed by atoms with E-state index in [1.165, 1.54) is 6.33 Å². The van der Waals surface area contributed by atoms with Crippen molar-refractivity contribution in [3.8, 4) is 0 Å². The summed E-state index contributed by atoms with van der Waals surface area (Å²) in [4.78, 5) is 9.99. The zero-order chi connectivity index (χ0) is 13.4. The van der Waals surface area contributed by atoms with E-state index in [2.05, 4.69) is 9.97 Å². The fourth-order valence-corrected chi connectivity index (χ4v) is 1.71. The van der Waals surface area contributed by atoms with Crippen LogP contribution in [0, 0.1) is 0 Å². The summed E-state index contributed by atoms with van der Waals surface area (Å²) >= 11 is 5.94. The molecule has 1 aromatic rings. The number of rotatable bonds is 8. The molecule has 0 fully saturated rings. The second-order valence-electron chi connectivity index (χ2n) is 3.60. The molecule has 0 aliphatic rings. The molecule has 0 bridgehead atoms. The molecule has 0 saturated carbocycles. The highest BCUT2D eigenvalue weighted by Gasteiger charge is 2.15. The van der Waals surface area contributed by atoms with E-state index in [9.17, 15) is 5.11 Å². The molecule has 18 heavy (non-hydrogen) atoms. The van der Waals surface area contributed by atoms with Crippen LogP contribution in [-0.4, -0.2) is 55.6 Å². The summed E-state index contributed by atoms with van der Waals surface area (Å²) in [5.41, 5.74) is 0.520. The summed E-state index contributed by atoms with van der Waals surface area (Å²) < 4.78 is 10.1. The van der Waals surface area contributed by atoms with Gasteiger partial charge in [0.25, 0.3) is 0 Å². The number of aromatic nitrogens is 2. The highest BCUT2D eigenvalue weighted by molar-refractivity contribution is 6.30. The third-order valence-corrected chi connectivity index (χ3v) is 2.78. The summed E-state index contributed by atoms with van der Waals surface area (Å²) in [6.45, 7) is 2.18. The SMILES string of the molecule is COCCN(CCOC)c1ncnc(Cl)c1CO. The van der Waals surface area contributed by atoms with Gasteiger partial charge in [0.05, 0.1) is 25.4 Å². The van der Waals surface area contributed by atoms with Gasteiger partial charge < -0.3 is 19.5 Å². The van der Waals surface area contributed by atoms with Crippen LogP contribution < -0.4 is 4.90 Å². The average Bonchev–Trinajstić information content (AvgIpc) is 2.39. The number of nitrogens with zero attached hydrogens (tertiary/aromatic N) is 3. The van der Waals surface area contributed by atoms with Crippen molar-refractivity contribution in [1.82, 2.24) is 9.97 Å². The summed E-state index contributed by atoms with van der Waals surface area (Å²) in [7, 11) is 3.27. The lowest BCUT2D eigenvalue weighted by Gasteiger charge is -2.25. The molecule has 0 radical (unpaired) electrons. The lowest BCUT2D eigenvalue weighted by atomic mass is 10.3. The van der Waals surface area contributed by atoms with E-state index in [0.717, 1.165) is 0 Å². The fourth-order valence-electron chi connectivity index (χ4n) is 1.52. The normalized spacial score (nSPS) is 10.7. The maximum atomic E-state index is 9.35. The summed E-state index contributed by atoms with van der Waals surface area (Å²) in [5.74, 6) is 0.617. The zero-order valence-corrected chi connectivity index (χ0v) is 11.4. The average molecular weight is 276 g/mol. The van der Waals surface area contributed by atoms with Gasteiger partial charge in [0.2, 0.25) is 0 Å². The van der Waals surface area contributed by atoms with Crippen LogP contribution in [0.5, 0.6) is 0 Å². The third-order valence-electron chi connectivity index (χ3n) is 2.46. The van der Waals surface area contributed by atoms with Crippen LogP contribution in [0.15, 0.2) is 6.33 Å². The molecule has 0 aliphatic heterocycles. The first kappa shape index (κ1) is 15.1. The van der Waals surface area contributed by atoms with E-state index in [1.54, 1.807) is 14.2 Å². The second kappa shape index (κ2) is 8.20. The predicted molar refractivity (Wildman–Crippen MR) is 68.9 cm³/mol. The number of methoxy groups -OCH3 is 2. The Hall–Kier alpha value is -0.950. The number of anilines is 1. The maximum absolute atomic E-state index is 9.35. The lowest BCUT2D eigenvalue weighted by molar-refractivity contribution is 0.189. The summed E-state index contributed by atoms with van der Waals surface area (Å²) in [6, 6.07) is 0. The van der Waals surface area contributed by atoms with Crippen molar-refractivity contribution < 1.29 is 14.6 Å². The molecule has 0 spiro atoms. The second-order valence-corrected chi connectivity index (χ2v) is 3.96. The van der Waals surface area contributed by atoms with Gasteiger partial charge in [0.15, 0.2) is 0 Å². The van der Waals surface area contributed by atoms with Crippen LogP contribution in [0.4, 0.5) is 5.82 Å². The van der Waals surface area contributed by atoms with Gasteiger partial charge in [0, 0.05) is 27.3 Å². The maximum Gasteiger partial charge on any atom is 0.140 e. The van der Waals surface area contributed by atoms with Crippen LogP contribution in [0.25, 0.3) is 0 Å². The molecule has 1 heterocycles. The van der Waals surface area contributed by atoms with Gasteiger partial charge in [-0.15, -0.1) is 0 Å². The quantitative estimate of drug-likeness (QED) is 0.705. The first-order chi connectivity index (χ1) is 8.74. The Bertz CT molecular complexity index is 357. The molecule has 0 amide bonds. The molecule has 7 heteroatoms. The molecule has 1 N–H and O–H groups in total. The van der Waals surface area contributed by atoms with Gasteiger partial charge in [-0.25, -0.2) is 9.97 Å².